The van der Waals surface area contributed by atoms with Gasteiger partial charge in [-0.25, -0.2) is 9.78 Å². The molecule has 0 aliphatic heterocycles. The van der Waals surface area contributed by atoms with E-state index in [0.29, 0.717) is 6.61 Å². The van der Waals surface area contributed by atoms with E-state index in [1.54, 1.807) is 0 Å². The quantitative estimate of drug-likeness (QED) is 0.543. The van der Waals surface area contributed by atoms with E-state index >= 15 is 0 Å². The Balaban J connectivity index is 1.91. The van der Waals surface area contributed by atoms with Crippen LogP contribution in [0.3, 0.4) is 0 Å². The number of rotatable bonds is 6. The topological polar surface area (TPSA) is 18.5 Å². The molecule has 0 N–H and O–H groups in total. The van der Waals surface area contributed by atoms with Gasteiger partial charge < -0.3 is 0 Å². The molecule has 1 aromatic carbocycles. The van der Waals surface area contributed by atoms with Crippen molar-refractivity contribution in [1.29, 1.82) is 0 Å². The molecule has 0 heterocycles. The molecule has 1 aliphatic carbocycles. The van der Waals surface area contributed by atoms with Gasteiger partial charge in [-0.05, 0) is 37.8 Å². The van der Waals surface area contributed by atoms with Gasteiger partial charge in [0.25, 0.3) is 0 Å². The first-order valence-corrected chi connectivity index (χ1v) is 7.65. The lowest BCUT2D eigenvalue weighted by molar-refractivity contribution is -0.348. The highest BCUT2D eigenvalue weighted by molar-refractivity contribution is 5.29. The van der Waals surface area contributed by atoms with Crippen LogP contribution in [0.4, 0.5) is 0 Å². The highest BCUT2D eigenvalue weighted by Crippen LogP contribution is 2.28. The van der Waals surface area contributed by atoms with Gasteiger partial charge in [-0.3, -0.25) is 0 Å². The summed E-state index contributed by atoms with van der Waals surface area (Å²) in [5.41, 5.74) is 1.95. The van der Waals surface area contributed by atoms with E-state index in [4.69, 9.17) is 9.78 Å². The van der Waals surface area contributed by atoms with Gasteiger partial charge in [0, 0.05) is 5.41 Å². The number of allylic oxidation sites excluding steroid dienone is 2. The second-order valence-electron chi connectivity index (χ2n) is 6.74. The summed E-state index contributed by atoms with van der Waals surface area (Å²) in [6.45, 7) is 8.95. The summed E-state index contributed by atoms with van der Waals surface area (Å²) in [4.78, 5) is 11.3. The van der Waals surface area contributed by atoms with Crippen LogP contribution in [0.15, 0.2) is 54.1 Å². The molecule has 0 saturated carbocycles. The molecule has 0 saturated heterocycles. The van der Waals surface area contributed by atoms with Gasteiger partial charge in [-0.2, -0.15) is 0 Å². The van der Waals surface area contributed by atoms with Gasteiger partial charge in [0.2, 0.25) is 0 Å². The van der Waals surface area contributed by atoms with Crippen molar-refractivity contribution in [2.75, 3.05) is 6.61 Å². The highest BCUT2D eigenvalue weighted by atomic mass is 17.2. The van der Waals surface area contributed by atoms with Crippen molar-refractivity contribution in [3.63, 3.8) is 0 Å². The zero-order chi connectivity index (χ0) is 15.3. The van der Waals surface area contributed by atoms with Crippen molar-refractivity contribution >= 4 is 0 Å². The van der Waals surface area contributed by atoms with Gasteiger partial charge in [0.1, 0.15) is 5.60 Å². The smallest absolute Gasteiger partial charge is 0.123 e. The number of hydrogen-bond donors (Lipinski definition) is 0. The monoisotopic (exact) mass is 286 g/mol. The molecule has 2 rings (SSSR count). The summed E-state index contributed by atoms with van der Waals surface area (Å²) in [7, 11) is 0. The van der Waals surface area contributed by atoms with E-state index < -0.39 is 5.60 Å². The third-order valence-corrected chi connectivity index (χ3v) is 3.93. The first-order valence-electron chi connectivity index (χ1n) is 7.65. The van der Waals surface area contributed by atoms with Gasteiger partial charge >= 0.3 is 0 Å². The molecule has 1 aromatic rings. The van der Waals surface area contributed by atoms with E-state index in [1.807, 2.05) is 19.9 Å². The minimum atomic E-state index is -0.413. The van der Waals surface area contributed by atoms with Crippen LogP contribution >= 0.6 is 0 Å². The Morgan fingerprint density at radius 3 is 2.33 bits per heavy atom. The van der Waals surface area contributed by atoms with Crippen molar-refractivity contribution in [2.45, 2.75) is 51.6 Å². The molecule has 2 heteroatoms. The van der Waals surface area contributed by atoms with Crippen molar-refractivity contribution in [2.24, 2.45) is 0 Å². The standard InChI is InChI=1S/C19H26O2/c1-18(2,16-11-7-5-8-12-16)15-20-21-19(3,4)17-13-9-6-10-14-17/h5,7-9,11-14H,6,10,15H2,1-4H3. The summed E-state index contributed by atoms with van der Waals surface area (Å²) in [5, 5.41) is 0. The molecule has 0 amide bonds. The summed E-state index contributed by atoms with van der Waals surface area (Å²) in [6.07, 6.45) is 8.74. The number of hydrogen-bond acceptors (Lipinski definition) is 2. The second-order valence-corrected chi connectivity index (χ2v) is 6.74. The lowest BCUT2D eigenvalue weighted by Crippen LogP contribution is -2.31. The molecule has 0 spiro atoms. The zero-order valence-corrected chi connectivity index (χ0v) is 13.6. The molecule has 0 atom stereocenters. The van der Waals surface area contributed by atoms with E-state index in [9.17, 15) is 0 Å². The molecule has 0 aromatic heterocycles. The van der Waals surface area contributed by atoms with Crippen LogP contribution in [0.2, 0.25) is 0 Å². The number of benzene rings is 1. The SMILES string of the molecule is CC(C)(OOCC(C)(C)c1ccccc1)C1=CCCC=C1. The van der Waals surface area contributed by atoms with Crippen LogP contribution in [0.25, 0.3) is 0 Å². The highest BCUT2D eigenvalue weighted by Gasteiger charge is 2.27. The Hall–Kier alpha value is -1.38. The van der Waals surface area contributed by atoms with Gasteiger partial charge in [0.05, 0.1) is 6.61 Å². The minimum Gasteiger partial charge on any atom is -0.235 e. The van der Waals surface area contributed by atoms with Crippen molar-refractivity contribution in [3.8, 4) is 0 Å². The van der Waals surface area contributed by atoms with E-state index in [1.165, 1.54) is 11.1 Å². The molecule has 0 bridgehead atoms. The zero-order valence-electron chi connectivity index (χ0n) is 13.6. The lowest BCUT2D eigenvalue weighted by atomic mass is 9.86. The minimum absolute atomic E-state index is 0.0753. The van der Waals surface area contributed by atoms with Crippen LogP contribution in [-0.2, 0) is 15.2 Å². The summed E-state index contributed by atoms with van der Waals surface area (Å²) >= 11 is 0. The molecule has 2 nitrogen and oxygen atoms in total. The predicted octanol–water partition coefficient (Wildman–Crippen LogP) is 4.97. The van der Waals surface area contributed by atoms with Crippen LogP contribution in [0.5, 0.6) is 0 Å². The Labute approximate surface area is 128 Å². The maximum absolute atomic E-state index is 5.71. The third kappa shape index (κ3) is 4.29. The summed E-state index contributed by atoms with van der Waals surface area (Å²) < 4.78 is 0. The lowest BCUT2D eigenvalue weighted by Gasteiger charge is -2.30. The summed E-state index contributed by atoms with van der Waals surface area (Å²) in [6, 6.07) is 10.4. The Morgan fingerprint density at radius 2 is 1.71 bits per heavy atom. The molecule has 0 fully saturated rings. The van der Waals surface area contributed by atoms with Gasteiger partial charge in [0.15, 0.2) is 0 Å². The molecular weight excluding hydrogens is 260 g/mol. The average Bonchev–Trinajstić information content (AvgIpc) is 2.49. The average molecular weight is 286 g/mol. The molecular formula is C19H26O2. The first-order chi connectivity index (χ1) is 9.92. The maximum atomic E-state index is 5.71. The fourth-order valence-electron chi connectivity index (χ4n) is 2.40. The fourth-order valence-corrected chi connectivity index (χ4v) is 2.40. The van der Waals surface area contributed by atoms with Gasteiger partial charge in [-0.15, -0.1) is 0 Å². The largest absolute Gasteiger partial charge is 0.235 e. The van der Waals surface area contributed by atoms with Crippen LogP contribution in [0, 0.1) is 0 Å². The normalized spacial score (nSPS) is 15.9. The van der Waals surface area contributed by atoms with Crippen molar-refractivity contribution in [1.82, 2.24) is 0 Å². The fraction of sp³-hybridized carbons (Fsp3) is 0.474. The molecule has 21 heavy (non-hydrogen) atoms. The first kappa shape index (κ1) is 16.0. The van der Waals surface area contributed by atoms with E-state index in [-0.39, 0.29) is 5.41 Å². The van der Waals surface area contributed by atoms with Gasteiger partial charge in [-0.1, -0.05) is 62.4 Å². The molecule has 0 radical (unpaired) electrons. The molecule has 0 unspecified atom stereocenters. The van der Waals surface area contributed by atoms with Crippen LogP contribution in [0.1, 0.15) is 46.1 Å². The summed E-state index contributed by atoms with van der Waals surface area (Å²) in [5.74, 6) is 0. The Kier molecular flexibility index (Phi) is 5.02. The molecule has 1 aliphatic rings. The third-order valence-electron chi connectivity index (χ3n) is 3.93. The Bertz CT molecular complexity index is 510. The second kappa shape index (κ2) is 6.59. The van der Waals surface area contributed by atoms with Crippen molar-refractivity contribution in [3.05, 3.63) is 59.7 Å². The van der Waals surface area contributed by atoms with Crippen LogP contribution in [-0.4, -0.2) is 12.2 Å². The van der Waals surface area contributed by atoms with E-state index in [0.717, 1.165) is 12.8 Å². The van der Waals surface area contributed by atoms with E-state index in [2.05, 4.69) is 56.3 Å². The van der Waals surface area contributed by atoms with Crippen molar-refractivity contribution < 1.29 is 9.78 Å². The predicted molar refractivity (Wildman–Crippen MR) is 87.0 cm³/mol. The molecule has 114 valence electrons. The maximum Gasteiger partial charge on any atom is 0.123 e. The Morgan fingerprint density at radius 1 is 1.00 bits per heavy atom. The van der Waals surface area contributed by atoms with Crippen LogP contribution < -0.4 is 0 Å².